The fourth-order valence-electron chi connectivity index (χ4n) is 3.11. The van der Waals surface area contributed by atoms with Gasteiger partial charge in [-0.25, -0.2) is 0 Å². The van der Waals surface area contributed by atoms with Crippen molar-refractivity contribution in [2.24, 2.45) is 17.3 Å². The molecule has 1 unspecified atom stereocenters. The van der Waals surface area contributed by atoms with Crippen molar-refractivity contribution in [2.75, 3.05) is 18.8 Å². The molecule has 0 aromatic heterocycles. The molecule has 1 heterocycles. The van der Waals surface area contributed by atoms with Crippen LogP contribution in [-0.2, 0) is 19.2 Å². The lowest BCUT2D eigenvalue weighted by Crippen LogP contribution is -2.35. The van der Waals surface area contributed by atoms with Gasteiger partial charge in [0.05, 0.1) is 5.25 Å². The third-order valence-corrected chi connectivity index (χ3v) is 6.94. The summed E-state index contributed by atoms with van der Waals surface area (Å²) < 4.78 is 0. The Morgan fingerprint density at radius 3 is 2.33 bits per heavy atom. The Kier molecular flexibility index (Phi) is 11.1. The molecule has 0 spiro atoms. The Bertz CT molecular complexity index is 613. The van der Waals surface area contributed by atoms with Gasteiger partial charge < -0.3 is 5.32 Å². The highest BCUT2D eigenvalue weighted by Gasteiger charge is 2.38. The van der Waals surface area contributed by atoms with Crippen molar-refractivity contribution in [3.63, 3.8) is 0 Å². The maximum atomic E-state index is 12.5. The average Bonchev–Trinajstić information content (AvgIpc) is 2.93. The van der Waals surface area contributed by atoms with Gasteiger partial charge >= 0.3 is 0 Å². The number of hydrogen-bond acceptors (Lipinski definition) is 5. The van der Waals surface area contributed by atoms with Crippen LogP contribution in [0.15, 0.2) is 0 Å². The van der Waals surface area contributed by atoms with Crippen LogP contribution in [0.2, 0.25) is 0 Å². The van der Waals surface area contributed by atoms with E-state index in [9.17, 15) is 19.2 Å². The summed E-state index contributed by atoms with van der Waals surface area (Å²) in [5, 5.41) is 2.65. The molecule has 172 valence electrons. The third-order valence-electron chi connectivity index (χ3n) is 5.65. The topological polar surface area (TPSA) is 83.6 Å². The number of nitrogens with zero attached hydrogens (tertiary/aromatic N) is 1. The first-order valence-electron chi connectivity index (χ1n) is 11.2. The van der Waals surface area contributed by atoms with Crippen LogP contribution in [0.1, 0.15) is 80.1 Å². The number of carbonyl (C=O) groups is 4. The minimum absolute atomic E-state index is 0.0511. The Morgan fingerprint density at radius 1 is 1.10 bits per heavy atom. The molecular formula is C23H40N2O4S. The predicted octanol–water partition coefficient (Wildman–Crippen LogP) is 3.82. The zero-order chi connectivity index (χ0) is 22.9. The number of imide groups is 1. The van der Waals surface area contributed by atoms with Crippen molar-refractivity contribution in [1.29, 1.82) is 0 Å². The number of Topliss-reactive ketones (excluding diaryl/α,β-unsaturated/α-hetero) is 1. The fourth-order valence-corrected chi connectivity index (χ4v) is 4.30. The van der Waals surface area contributed by atoms with E-state index in [0.29, 0.717) is 6.54 Å². The Morgan fingerprint density at radius 2 is 1.73 bits per heavy atom. The Labute approximate surface area is 186 Å². The van der Waals surface area contributed by atoms with Gasteiger partial charge in [-0.2, -0.15) is 0 Å². The minimum Gasteiger partial charge on any atom is -0.356 e. The van der Waals surface area contributed by atoms with Crippen molar-refractivity contribution in [3.8, 4) is 0 Å². The highest BCUT2D eigenvalue weighted by Crippen LogP contribution is 2.27. The van der Waals surface area contributed by atoms with E-state index < -0.39 is 0 Å². The molecule has 2 atom stereocenters. The minimum atomic E-state index is -0.351. The van der Waals surface area contributed by atoms with Crippen LogP contribution in [0.25, 0.3) is 0 Å². The molecule has 0 aliphatic carbocycles. The van der Waals surface area contributed by atoms with E-state index in [-0.39, 0.29) is 65.4 Å². The van der Waals surface area contributed by atoms with Gasteiger partial charge in [0, 0.05) is 37.3 Å². The number of rotatable bonds is 13. The second-order valence-corrected chi connectivity index (χ2v) is 10.9. The summed E-state index contributed by atoms with van der Waals surface area (Å²) in [7, 11) is 0. The molecule has 30 heavy (non-hydrogen) atoms. The van der Waals surface area contributed by atoms with Crippen LogP contribution in [0.4, 0.5) is 0 Å². The number of thioether (sulfide) groups is 1. The van der Waals surface area contributed by atoms with Gasteiger partial charge in [-0.15, -0.1) is 11.8 Å². The number of carbonyl (C=O) groups excluding carboxylic acids is 4. The summed E-state index contributed by atoms with van der Waals surface area (Å²) in [5.74, 6) is 0.949. The monoisotopic (exact) mass is 440 g/mol. The third kappa shape index (κ3) is 8.78. The second-order valence-electron chi connectivity index (χ2n) is 9.62. The zero-order valence-corrected chi connectivity index (χ0v) is 20.4. The molecule has 1 rings (SSSR count). The summed E-state index contributed by atoms with van der Waals surface area (Å²) >= 11 is 1.55. The first-order chi connectivity index (χ1) is 13.9. The second kappa shape index (κ2) is 12.5. The molecule has 1 N–H and O–H groups in total. The molecule has 6 nitrogen and oxygen atoms in total. The largest absolute Gasteiger partial charge is 0.356 e. The van der Waals surface area contributed by atoms with Crippen molar-refractivity contribution in [1.82, 2.24) is 10.2 Å². The fraction of sp³-hybridized carbons (Fsp3) is 0.826. The lowest BCUT2D eigenvalue weighted by Gasteiger charge is -2.18. The number of likely N-dealkylation sites (tertiary alicyclic amines) is 1. The van der Waals surface area contributed by atoms with E-state index >= 15 is 0 Å². The summed E-state index contributed by atoms with van der Waals surface area (Å²) in [6, 6.07) is 0. The maximum absolute atomic E-state index is 12.5. The van der Waals surface area contributed by atoms with Crippen molar-refractivity contribution in [2.45, 2.75) is 85.3 Å². The molecule has 0 radical (unpaired) electrons. The van der Waals surface area contributed by atoms with Crippen LogP contribution in [-0.4, -0.2) is 52.5 Å². The van der Waals surface area contributed by atoms with Gasteiger partial charge in [-0.1, -0.05) is 54.4 Å². The summed E-state index contributed by atoms with van der Waals surface area (Å²) in [6.45, 7) is 12.5. The van der Waals surface area contributed by atoms with Gasteiger partial charge in [0.2, 0.25) is 17.7 Å². The molecule has 0 aromatic carbocycles. The van der Waals surface area contributed by atoms with E-state index in [2.05, 4.69) is 5.32 Å². The first kappa shape index (κ1) is 26.7. The summed E-state index contributed by atoms with van der Waals surface area (Å²) in [4.78, 5) is 49.9. The summed E-state index contributed by atoms with van der Waals surface area (Å²) in [5.41, 5.74) is -0.351. The quantitative estimate of drug-likeness (QED) is 0.348. The number of amides is 3. The molecule has 3 amide bonds. The van der Waals surface area contributed by atoms with Crippen LogP contribution < -0.4 is 5.32 Å². The lowest BCUT2D eigenvalue weighted by atomic mass is 9.92. The molecule has 1 fully saturated rings. The van der Waals surface area contributed by atoms with E-state index in [0.717, 1.165) is 31.4 Å². The molecule has 7 heteroatoms. The van der Waals surface area contributed by atoms with Crippen LogP contribution in [0.5, 0.6) is 0 Å². The summed E-state index contributed by atoms with van der Waals surface area (Å²) in [6.07, 6.45) is 4.50. The Balaban J connectivity index is 2.20. The number of nitrogens with one attached hydrogen (secondary N) is 1. The van der Waals surface area contributed by atoms with Crippen LogP contribution >= 0.6 is 11.8 Å². The molecule has 1 saturated heterocycles. The normalized spacial score (nSPS) is 18.2. The van der Waals surface area contributed by atoms with E-state index in [4.69, 9.17) is 0 Å². The van der Waals surface area contributed by atoms with Gasteiger partial charge in [0.25, 0.3) is 0 Å². The molecule has 0 bridgehead atoms. The van der Waals surface area contributed by atoms with Crippen molar-refractivity contribution in [3.05, 3.63) is 0 Å². The molecule has 0 saturated carbocycles. The van der Waals surface area contributed by atoms with Crippen molar-refractivity contribution >= 4 is 35.3 Å². The Hall–Kier alpha value is -1.37. The van der Waals surface area contributed by atoms with Gasteiger partial charge in [0.15, 0.2) is 0 Å². The molecular weight excluding hydrogens is 400 g/mol. The number of hydrogen-bond donors (Lipinski definition) is 1. The van der Waals surface area contributed by atoms with Crippen LogP contribution in [0, 0.1) is 17.3 Å². The highest BCUT2D eigenvalue weighted by molar-refractivity contribution is 8.00. The standard InChI is InChI=1S/C23H40N2O4S/c1-16(2)17(3)18(26)11-13-25-20(27)15-19(21(25)28)30-14-10-8-7-9-12-24-22(29)23(4,5)6/h16-17,19H,7-15H2,1-6H3,(H,24,29)/t17-,19?/m0/s1. The van der Waals surface area contributed by atoms with E-state index in [1.54, 1.807) is 11.8 Å². The van der Waals surface area contributed by atoms with E-state index in [1.165, 1.54) is 4.90 Å². The van der Waals surface area contributed by atoms with E-state index in [1.807, 2.05) is 41.5 Å². The molecule has 1 aliphatic heterocycles. The molecule has 1 aliphatic rings. The lowest BCUT2D eigenvalue weighted by molar-refractivity contribution is -0.138. The van der Waals surface area contributed by atoms with Gasteiger partial charge in [0.1, 0.15) is 5.78 Å². The number of ketones is 1. The average molecular weight is 441 g/mol. The molecule has 0 aromatic rings. The maximum Gasteiger partial charge on any atom is 0.242 e. The smallest absolute Gasteiger partial charge is 0.242 e. The van der Waals surface area contributed by atoms with Crippen LogP contribution in [0.3, 0.4) is 0 Å². The SMILES string of the molecule is CC(C)[C@H](C)C(=O)CCN1C(=O)CC(SCCCCCCNC(=O)C(C)(C)C)C1=O. The zero-order valence-electron chi connectivity index (χ0n) is 19.6. The first-order valence-corrected chi connectivity index (χ1v) is 12.3. The number of unbranched alkanes of at least 4 members (excludes halogenated alkanes) is 3. The van der Waals surface area contributed by atoms with Gasteiger partial charge in [-0.3, -0.25) is 24.1 Å². The highest BCUT2D eigenvalue weighted by atomic mass is 32.2. The predicted molar refractivity (Wildman–Crippen MR) is 122 cm³/mol. The van der Waals surface area contributed by atoms with Crippen molar-refractivity contribution < 1.29 is 19.2 Å². The van der Waals surface area contributed by atoms with Gasteiger partial charge in [-0.05, 0) is 24.5 Å².